The van der Waals surface area contributed by atoms with Crippen LogP contribution in [-0.4, -0.2) is 53.2 Å². The first-order valence-corrected chi connectivity index (χ1v) is 7.64. The normalized spacial score (nSPS) is 27.7. The van der Waals surface area contributed by atoms with E-state index in [9.17, 15) is 4.79 Å². The molecule has 4 heteroatoms. The van der Waals surface area contributed by atoms with Crippen LogP contribution >= 0.6 is 0 Å². The lowest BCUT2D eigenvalue weighted by Gasteiger charge is -2.41. The van der Waals surface area contributed by atoms with Crippen molar-refractivity contribution in [1.29, 1.82) is 0 Å². The molecule has 1 amide bonds. The predicted molar refractivity (Wildman–Crippen MR) is 76.2 cm³/mol. The molecule has 19 heavy (non-hydrogen) atoms. The van der Waals surface area contributed by atoms with Crippen molar-refractivity contribution < 1.29 is 9.53 Å². The van der Waals surface area contributed by atoms with Crippen LogP contribution in [-0.2, 0) is 4.74 Å². The molecule has 2 heterocycles. The number of amides is 1. The zero-order chi connectivity index (χ0) is 14.0. The van der Waals surface area contributed by atoms with Gasteiger partial charge in [0.25, 0.3) is 0 Å². The van der Waals surface area contributed by atoms with Crippen LogP contribution in [0.2, 0.25) is 0 Å². The van der Waals surface area contributed by atoms with Crippen LogP contribution in [0.3, 0.4) is 0 Å². The maximum Gasteiger partial charge on any atom is 0.410 e. The highest BCUT2D eigenvalue weighted by molar-refractivity contribution is 5.69. The Labute approximate surface area is 117 Å². The third kappa shape index (κ3) is 3.62. The summed E-state index contributed by atoms with van der Waals surface area (Å²) in [6.07, 6.45) is 4.64. The van der Waals surface area contributed by atoms with Gasteiger partial charge in [0.1, 0.15) is 5.60 Å². The molecule has 2 aliphatic heterocycles. The lowest BCUT2D eigenvalue weighted by Crippen LogP contribution is -2.56. The molecular formula is C15H28N2O2. The summed E-state index contributed by atoms with van der Waals surface area (Å²) in [5.41, 5.74) is -0.393. The monoisotopic (exact) mass is 268 g/mol. The quantitative estimate of drug-likeness (QED) is 0.789. The van der Waals surface area contributed by atoms with Gasteiger partial charge in [-0.05, 0) is 46.6 Å². The van der Waals surface area contributed by atoms with Crippen molar-refractivity contribution in [2.24, 2.45) is 0 Å². The van der Waals surface area contributed by atoms with Gasteiger partial charge in [0, 0.05) is 25.2 Å². The highest BCUT2D eigenvalue weighted by atomic mass is 16.6. The highest BCUT2D eigenvalue weighted by Gasteiger charge is 2.43. The minimum Gasteiger partial charge on any atom is -0.444 e. The number of likely N-dealkylation sites (tertiary alicyclic amines) is 1. The van der Waals surface area contributed by atoms with E-state index in [2.05, 4.69) is 11.8 Å². The molecular weight excluding hydrogens is 240 g/mol. The van der Waals surface area contributed by atoms with Crippen molar-refractivity contribution in [2.45, 2.75) is 71.1 Å². The zero-order valence-electron chi connectivity index (χ0n) is 12.8. The summed E-state index contributed by atoms with van der Waals surface area (Å²) < 4.78 is 5.54. The van der Waals surface area contributed by atoms with Crippen LogP contribution in [0.1, 0.15) is 53.4 Å². The van der Waals surface area contributed by atoms with Crippen molar-refractivity contribution in [2.75, 3.05) is 19.6 Å². The summed E-state index contributed by atoms with van der Waals surface area (Å²) in [6, 6.07) is 0.732. The largest absolute Gasteiger partial charge is 0.444 e. The van der Waals surface area contributed by atoms with E-state index in [0.29, 0.717) is 12.1 Å². The smallest absolute Gasteiger partial charge is 0.410 e. The second-order valence-electron chi connectivity index (χ2n) is 6.89. The minimum absolute atomic E-state index is 0.116. The van der Waals surface area contributed by atoms with Gasteiger partial charge in [0.2, 0.25) is 0 Å². The standard InChI is InChI=1S/C15H28N2O2/c1-5-6-9-16-10-12-7-8-13(11-16)17(12)14(18)19-15(2,3)4/h12-13H,5-11H2,1-4H3. The molecule has 110 valence electrons. The van der Waals surface area contributed by atoms with Crippen molar-refractivity contribution >= 4 is 6.09 Å². The molecule has 2 unspecified atom stereocenters. The van der Waals surface area contributed by atoms with Crippen LogP contribution in [0.15, 0.2) is 0 Å². The number of hydrogen-bond donors (Lipinski definition) is 0. The van der Waals surface area contributed by atoms with Gasteiger partial charge in [-0.3, -0.25) is 9.80 Å². The number of carbonyl (C=O) groups excluding carboxylic acids is 1. The molecule has 0 aromatic rings. The Kier molecular flexibility index (Phi) is 4.39. The number of unbranched alkanes of at least 4 members (excludes halogenated alkanes) is 1. The van der Waals surface area contributed by atoms with E-state index in [-0.39, 0.29) is 6.09 Å². The van der Waals surface area contributed by atoms with Gasteiger partial charge in [0.15, 0.2) is 0 Å². The van der Waals surface area contributed by atoms with Gasteiger partial charge in [-0.1, -0.05) is 13.3 Å². The van der Waals surface area contributed by atoms with Crippen molar-refractivity contribution in [1.82, 2.24) is 9.80 Å². The Morgan fingerprint density at radius 2 is 1.79 bits per heavy atom. The molecule has 0 N–H and O–H groups in total. The maximum absolute atomic E-state index is 12.3. The molecule has 0 spiro atoms. The van der Waals surface area contributed by atoms with E-state index in [1.807, 2.05) is 25.7 Å². The first-order chi connectivity index (χ1) is 8.90. The third-order valence-corrected chi connectivity index (χ3v) is 3.99. The lowest BCUT2D eigenvalue weighted by molar-refractivity contribution is -0.00447. The van der Waals surface area contributed by atoms with Gasteiger partial charge in [0.05, 0.1) is 0 Å². The molecule has 0 saturated carbocycles. The molecule has 2 bridgehead atoms. The van der Waals surface area contributed by atoms with E-state index >= 15 is 0 Å². The van der Waals surface area contributed by atoms with E-state index in [1.165, 1.54) is 19.4 Å². The second-order valence-corrected chi connectivity index (χ2v) is 6.89. The van der Waals surface area contributed by atoms with Crippen LogP contribution in [0.25, 0.3) is 0 Å². The Morgan fingerprint density at radius 1 is 1.21 bits per heavy atom. The van der Waals surface area contributed by atoms with Crippen molar-refractivity contribution in [3.05, 3.63) is 0 Å². The molecule has 2 fully saturated rings. The second kappa shape index (κ2) is 5.70. The Balaban J connectivity index is 1.93. The zero-order valence-corrected chi connectivity index (χ0v) is 12.8. The number of rotatable bonds is 3. The van der Waals surface area contributed by atoms with Crippen molar-refractivity contribution in [3.8, 4) is 0 Å². The Hall–Kier alpha value is -0.770. The van der Waals surface area contributed by atoms with Gasteiger partial charge in [-0.15, -0.1) is 0 Å². The number of nitrogens with zero attached hydrogens (tertiary/aromatic N) is 2. The number of carbonyl (C=O) groups is 1. The van der Waals surface area contributed by atoms with Crippen LogP contribution in [0.5, 0.6) is 0 Å². The summed E-state index contributed by atoms with van der Waals surface area (Å²) in [6.45, 7) is 11.3. The van der Waals surface area contributed by atoms with Gasteiger partial charge < -0.3 is 4.74 Å². The van der Waals surface area contributed by atoms with E-state index < -0.39 is 5.60 Å². The first kappa shape index (κ1) is 14.6. The molecule has 0 aliphatic carbocycles. The molecule has 2 aliphatic rings. The number of piperazine rings is 1. The van der Waals surface area contributed by atoms with Crippen LogP contribution < -0.4 is 0 Å². The number of ether oxygens (including phenoxy) is 1. The third-order valence-electron chi connectivity index (χ3n) is 3.99. The summed E-state index contributed by atoms with van der Waals surface area (Å²) in [5, 5.41) is 0. The highest BCUT2D eigenvalue weighted by Crippen LogP contribution is 2.31. The summed E-state index contributed by atoms with van der Waals surface area (Å²) in [7, 11) is 0. The van der Waals surface area contributed by atoms with Crippen molar-refractivity contribution in [3.63, 3.8) is 0 Å². The fourth-order valence-corrected chi connectivity index (χ4v) is 3.17. The lowest BCUT2D eigenvalue weighted by atomic mass is 10.1. The molecule has 0 radical (unpaired) electrons. The topological polar surface area (TPSA) is 32.8 Å². The molecule has 2 rings (SSSR count). The fourth-order valence-electron chi connectivity index (χ4n) is 3.17. The van der Waals surface area contributed by atoms with Gasteiger partial charge in [-0.2, -0.15) is 0 Å². The maximum atomic E-state index is 12.3. The average molecular weight is 268 g/mol. The van der Waals surface area contributed by atoms with Crippen LogP contribution in [0.4, 0.5) is 4.79 Å². The average Bonchev–Trinajstić information content (AvgIpc) is 2.56. The van der Waals surface area contributed by atoms with Gasteiger partial charge >= 0.3 is 6.09 Å². The SMILES string of the molecule is CCCCN1CC2CCC(C1)N2C(=O)OC(C)(C)C. The molecule has 2 saturated heterocycles. The number of hydrogen-bond acceptors (Lipinski definition) is 3. The van der Waals surface area contributed by atoms with E-state index in [0.717, 1.165) is 25.9 Å². The van der Waals surface area contributed by atoms with Gasteiger partial charge in [-0.25, -0.2) is 4.79 Å². The summed E-state index contributed by atoms with van der Waals surface area (Å²) in [5.74, 6) is 0. The first-order valence-electron chi connectivity index (χ1n) is 7.64. The molecule has 0 aromatic heterocycles. The van der Waals surface area contributed by atoms with E-state index in [1.54, 1.807) is 0 Å². The molecule has 2 atom stereocenters. The summed E-state index contributed by atoms with van der Waals surface area (Å²) >= 11 is 0. The van der Waals surface area contributed by atoms with E-state index in [4.69, 9.17) is 4.74 Å². The summed E-state index contributed by atoms with van der Waals surface area (Å²) in [4.78, 5) is 16.8. The number of fused-ring (bicyclic) bond motifs is 2. The molecule has 0 aromatic carbocycles. The minimum atomic E-state index is -0.393. The molecule has 4 nitrogen and oxygen atoms in total. The Morgan fingerprint density at radius 3 is 2.26 bits per heavy atom. The predicted octanol–water partition coefficient (Wildman–Crippen LogP) is 2.87. The van der Waals surface area contributed by atoms with Crippen LogP contribution in [0, 0.1) is 0 Å². The fraction of sp³-hybridized carbons (Fsp3) is 0.933. The Bertz CT molecular complexity index is 311.